The Hall–Kier alpha value is -6.22. The van der Waals surface area contributed by atoms with Gasteiger partial charge in [0.25, 0.3) is 0 Å². The van der Waals surface area contributed by atoms with Gasteiger partial charge in [-0.3, -0.25) is 0 Å². The summed E-state index contributed by atoms with van der Waals surface area (Å²) in [6.45, 7) is 6.88. The molecule has 0 amide bonds. The van der Waals surface area contributed by atoms with Gasteiger partial charge in [0.1, 0.15) is 0 Å². The Balaban J connectivity index is 1.12. The van der Waals surface area contributed by atoms with Crippen molar-refractivity contribution in [2.75, 3.05) is 4.90 Å². The summed E-state index contributed by atoms with van der Waals surface area (Å²) >= 11 is 3.60. The molecular formula is C63H60BrN. The molecule has 324 valence electrons. The number of hydrogen-bond donors (Lipinski definition) is 0. The van der Waals surface area contributed by atoms with Crippen molar-refractivity contribution in [3.8, 4) is 44.5 Å². The maximum atomic E-state index is 3.60. The number of benzene rings is 9. The highest BCUT2D eigenvalue weighted by Crippen LogP contribution is 2.45. The Morgan fingerprint density at radius 1 is 0.369 bits per heavy atom. The Morgan fingerprint density at radius 3 is 1.40 bits per heavy atom. The number of halogens is 1. The molecule has 9 aromatic carbocycles. The van der Waals surface area contributed by atoms with Crippen LogP contribution >= 0.6 is 15.9 Å². The third kappa shape index (κ3) is 9.75. The molecule has 0 atom stereocenters. The quantitative estimate of drug-likeness (QED) is 0.0823. The van der Waals surface area contributed by atoms with Crippen LogP contribution in [0.1, 0.15) is 82.4 Å². The fraction of sp³-hybridized carbons (Fsp3) is 0.206. The van der Waals surface area contributed by atoms with Crippen molar-refractivity contribution in [2.45, 2.75) is 85.0 Å². The highest BCUT2D eigenvalue weighted by atomic mass is 79.9. The van der Waals surface area contributed by atoms with E-state index in [2.05, 4.69) is 230 Å². The van der Waals surface area contributed by atoms with Crippen molar-refractivity contribution in [1.29, 1.82) is 0 Å². The van der Waals surface area contributed by atoms with Gasteiger partial charge in [0.2, 0.25) is 0 Å². The maximum absolute atomic E-state index is 3.60. The molecule has 0 saturated heterocycles. The molecule has 0 unspecified atom stereocenters. The van der Waals surface area contributed by atoms with Crippen molar-refractivity contribution in [1.82, 2.24) is 0 Å². The van der Waals surface area contributed by atoms with Crippen LogP contribution in [0.4, 0.5) is 17.1 Å². The average Bonchev–Trinajstić information content (AvgIpc) is 3.36. The summed E-state index contributed by atoms with van der Waals surface area (Å²) in [7, 11) is 0. The lowest BCUT2D eigenvalue weighted by Gasteiger charge is -2.26. The van der Waals surface area contributed by atoms with Crippen LogP contribution in [0.3, 0.4) is 0 Å². The summed E-state index contributed by atoms with van der Waals surface area (Å²) in [6.07, 6.45) is 11.7. The molecule has 0 spiro atoms. The first kappa shape index (κ1) is 44.0. The lowest BCUT2D eigenvalue weighted by molar-refractivity contribution is 0.717. The molecule has 0 radical (unpaired) electrons. The van der Waals surface area contributed by atoms with E-state index in [9.17, 15) is 0 Å². The fourth-order valence-corrected chi connectivity index (χ4v) is 9.91. The van der Waals surface area contributed by atoms with Gasteiger partial charge < -0.3 is 4.90 Å². The molecule has 1 nitrogen and oxygen atoms in total. The van der Waals surface area contributed by atoms with Crippen molar-refractivity contribution < 1.29 is 0 Å². The second kappa shape index (κ2) is 20.7. The van der Waals surface area contributed by atoms with E-state index >= 15 is 0 Å². The van der Waals surface area contributed by atoms with Gasteiger partial charge in [-0.05, 0) is 176 Å². The van der Waals surface area contributed by atoms with Crippen molar-refractivity contribution in [3.63, 3.8) is 0 Å². The molecule has 0 saturated carbocycles. The predicted molar refractivity (Wildman–Crippen MR) is 286 cm³/mol. The molecule has 0 aromatic heterocycles. The van der Waals surface area contributed by atoms with Gasteiger partial charge in [-0.25, -0.2) is 0 Å². The standard InChI is InChI=1S/C63H60BrN/c1-4-7-10-15-45-22-24-46(25-23-45)48-30-38-55(39-31-48)65(56-40-32-49(33-41-56)47-28-36-54(64)37-29-47)57-42-34-51(35-43-57)61-44-53(17-9-6-3)63(60-21-14-13-20-59(60)61)62-52(16-8-5-2)27-26-50-18-11-12-19-58(50)62/h11-14,18-44H,4-10,15-17H2,1-3H3. The summed E-state index contributed by atoms with van der Waals surface area (Å²) in [4.78, 5) is 2.39. The van der Waals surface area contributed by atoms with Crippen molar-refractivity contribution in [2.24, 2.45) is 0 Å². The second-order valence-electron chi connectivity index (χ2n) is 17.7. The van der Waals surface area contributed by atoms with Gasteiger partial charge >= 0.3 is 0 Å². The van der Waals surface area contributed by atoms with Crippen LogP contribution in [-0.2, 0) is 19.3 Å². The normalized spacial score (nSPS) is 11.4. The summed E-state index contributed by atoms with van der Waals surface area (Å²) in [5.74, 6) is 0. The van der Waals surface area contributed by atoms with E-state index in [0.29, 0.717) is 0 Å². The van der Waals surface area contributed by atoms with Crippen molar-refractivity contribution >= 4 is 54.5 Å². The SMILES string of the molecule is CCCCCc1ccc(-c2ccc(N(c3ccc(-c4ccc(Br)cc4)cc3)c3ccc(-c4cc(CCCC)c(-c5c(CCCC)ccc6ccccc56)c5ccccc45)cc3)cc2)cc1. The van der Waals surface area contributed by atoms with Crippen LogP contribution in [0.15, 0.2) is 193 Å². The number of fused-ring (bicyclic) bond motifs is 2. The molecule has 9 aromatic rings. The number of unbranched alkanes of at least 4 members (excludes halogenated alkanes) is 4. The lowest BCUT2D eigenvalue weighted by atomic mass is 9.82. The molecule has 2 heteroatoms. The van der Waals surface area contributed by atoms with Gasteiger partial charge in [-0.1, -0.05) is 196 Å². The van der Waals surface area contributed by atoms with Gasteiger partial charge in [0.15, 0.2) is 0 Å². The number of anilines is 3. The average molecular weight is 911 g/mol. The third-order valence-corrected chi connectivity index (χ3v) is 13.7. The number of nitrogens with zero attached hydrogens (tertiary/aromatic N) is 1. The highest BCUT2D eigenvalue weighted by Gasteiger charge is 2.20. The van der Waals surface area contributed by atoms with Gasteiger partial charge in [-0.15, -0.1) is 0 Å². The summed E-state index contributed by atoms with van der Waals surface area (Å²) in [5, 5.41) is 5.31. The van der Waals surface area contributed by atoms with E-state index in [1.165, 1.54) is 115 Å². The van der Waals surface area contributed by atoms with Crippen LogP contribution in [-0.4, -0.2) is 0 Å². The third-order valence-electron chi connectivity index (χ3n) is 13.2. The number of aryl methyl sites for hydroxylation is 3. The topological polar surface area (TPSA) is 3.24 Å². The van der Waals surface area contributed by atoms with Crippen molar-refractivity contribution in [3.05, 3.63) is 209 Å². The number of hydrogen-bond acceptors (Lipinski definition) is 1. The summed E-state index contributed by atoms with van der Waals surface area (Å²) in [6, 6.07) is 70.5. The molecule has 0 heterocycles. The molecule has 0 N–H and O–H groups in total. The zero-order chi connectivity index (χ0) is 44.5. The molecule has 0 bridgehead atoms. The van der Waals surface area contributed by atoms with E-state index in [-0.39, 0.29) is 0 Å². The molecule has 9 rings (SSSR count). The Kier molecular flexibility index (Phi) is 14.0. The van der Waals surface area contributed by atoms with Gasteiger partial charge in [-0.2, -0.15) is 0 Å². The van der Waals surface area contributed by atoms with E-state index in [1.807, 2.05) is 0 Å². The first-order valence-corrected chi connectivity index (χ1v) is 24.8. The van der Waals surface area contributed by atoms with E-state index < -0.39 is 0 Å². The smallest absolute Gasteiger partial charge is 0.0462 e. The predicted octanol–water partition coefficient (Wildman–Crippen LogP) is 19.3. The lowest BCUT2D eigenvalue weighted by Crippen LogP contribution is -2.09. The van der Waals surface area contributed by atoms with Crippen LogP contribution in [0, 0.1) is 0 Å². The van der Waals surface area contributed by atoms with Gasteiger partial charge in [0, 0.05) is 21.5 Å². The minimum atomic E-state index is 1.04. The monoisotopic (exact) mass is 909 g/mol. The molecule has 0 aliphatic carbocycles. The van der Waals surface area contributed by atoms with E-state index in [0.717, 1.165) is 53.6 Å². The van der Waals surface area contributed by atoms with E-state index in [1.54, 1.807) is 0 Å². The zero-order valence-electron chi connectivity index (χ0n) is 38.3. The summed E-state index contributed by atoms with van der Waals surface area (Å²) in [5.41, 5.74) is 17.9. The number of rotatable bonds is 17. The Bertz CT molecular complexity index is 2980. The fourth-order valence-electron chi connectivity index (χ4n) is 9.65. The molecule has 65 heavy (non-hydrogen) atoms. The Morgan fingerprint density at radius 2 is 0.831 bits per heavy atom. The van der Waals surface area contributed by atoms with E-state index in [4.69, 9.17) is 0 Å². The van der Waals surface area contributed by atoms with Crippen LogP contribution in [0.2, 0.25) is 0 Å². The minimum absolute atomic E-state index is 1.04. The first-order valence-electron chi connectivity index (χ1n) is 24.0. The first-order chi connectivity index (χ1) is 32.0. The largest absolute Gasteiger partial charge is 0.311 e. The minimum Gasteiger partial charge on any atom is -0.311 e. The Labute approximate surface area is 396 Å². The zero-order valence-corrected chi connectivity index (χ0v) is 39.9. The maximum Gasteiger partial charge on any atom is 0.0462 e. The molecule has 0 fully saturated rings. The van der Waals surface area contributed by atoms with Crippen LogP contribution in [0.25, 0.3) is 66.1 Å². The highest BCUT2D eigenvalue weighted by molar-refractivity contribution is 9.10. The van der Waals surface area contributed by atoms with Crippen LogP contribution < -0.4 is 4.90 Å². The summed E-state index contributed by atoms with van der Waals surface area (Å²) < 4.78 is 1.08. The molecule has 0 aliphatic heterocycles. The van der Waals surface area contributed by atoms with Gasteiger partial charge in [0.05, 0.1) is 0 Å². The molecule has 0 aliphatic rings. The molecular weight excluding hydrogens is 851 g/mol. The second-order valence-corrected chi connectivity index (χ2v) is 18.6. The van der Waals surface area contributed by atoms with Crippen LogP contribution in [0.5, 0.6) is 0 Å².